The minimum absolute atomic E-state index is 0.178. The molecule has 6 nitrogen and oxygen atoms in total. The molecule has 0 radical (unpaired) electrons. The number of rotatable bonds is 6. The number of imidazole rings is 1. The van der Waals surface area contributed by atoms with Crippen LogP contribution in [0.1, 0.15) is 11.1 Å². The fourth-order valence-electron chi connectivity index (χ4n) is 2.26. The van der Waals surface area contributed by atoms with Gasteiger partial charge in [0.25, 0.3) is 10.0 Å². The minimum Gasteiger partial charge on any atom is -0.331 e. The lowest BCUT2D eigenvalue weighted by Gasteiger charge is -2.09. The summed E-state index contributed by atoms with van der Waals surface area (Å²) in [6.45, 7) is 2.31. The van der Waals surface area contributed by atoms with Crippen molar-refractivity contribution in [1.29, 1.82) is 0 Å². The highest BCUT2D eigenvalue weighted by molar-refractivity contribution is 7.89. The molecule has 0 amide bonds. The van der Waals surface area contributed by atoms with Crippen molar-refractivity contribution < 1.29 is 8.42 Å². The zero-order valence-electron chi connectivity index (χ0n) is 13.7. The molecule has 0 atom stereocenters. The molecule has 0 aliphatic carbocycles. The molecule has 128 valence electrons. The molecule has 25 heavy (non-hydrogen) atoms. The molecule has 7 heteroatoms. The Morgan fingerprint density at radius 3 is 2.48 bits per heavy atom. The molecule has 0 aliphatic rings. The van der Waals surface area contributed by atoms with E-state index in [1.807, 2.05) is 41.8 Å². The average molecular weight is 354 g/mol. The first kappa shape index (κ1) is 16.9. The highest BCUT2D eigenvalue weighted by Gasteiger charge is 2.13. The van der Waals surface area contributed by atoms with E-state index in [0.29, 0.717) is 12.3 Å². The van der Waals surface area contributed by atoms with Gasteiger partial charge in [-0.1, -0.05) is 48.0 Å². The Kier molecular flexibility index (Phi) is 4.95. The fraction of sp³-hybridized carbons (Fsp3) is 0.111. The lowest BCUT2D eigenvalue weighted by atomic mass is 10.1. The number of aryl methyl sites for hydroxylation is 1. The molecule has 0 aliphatic heterocycles. The maximum atomic E-state index is 12.4. The lowest BCUT2D eigenvalue weighted by Crippen LogP contribution is -2.22. The molecule has 1 aromatic heterocycles. The zero-order chi connectivity index (χ0) is 17.7. The Balaban J connectivity index is 1.89. The highest BCUT2D eigenvalue weighted by Crippen LogP contribution is 2.10. The van der Waals surface area contributed by atoms with E-state index in [1.165, 1.54) is 0 Å². The van der Waals surface area contributed by atoms with Crippen molar-refractivity contribution in [3.8, 4) is 0 Å². The zero-order valence-corrected chi connectivity index (χ0v) is 14.5. The Morgan fingerprint density at radius 1 is 1.12 bits per heavy atom. The quantitative estimate of drug-likeness (QED) is 0.546. The number of hydrogen-bond donors (Lipinski definition) is 1. The molecule has 0 saturated heterocycles. The molecular formula is C18H18N4O2S. The number of hydrogen-bond acceptors (Lipinski definition) is 4. The third kappa shape index (κ3) is 4.33. The molecule has 3 aromatic rings. The van der Waals surface area contributed by atoms with Crippen LogP contribution in [0.2, 0.25) is 0 Å². The first-order valence-corrected chi connectivity index (χ1v) is 9.19. The van der Waals surface area contributed by atoms with Crippen LogP contribution in [0.4, 0.5) is 0 Å². The normalized spacial score (nSPS) is 12.1. The number of nitrogens with one attached hydrogen (secondary N) is 1. The van der Waals surface area contributed by atoms with E-state index < -0.39 is 10.0 Å². The predicted octanol–water partition coefficient (Wildman–Crippen LogP) is 2.57. The topological polar surface area (TPSA) is 76.3 Å². The van der Waals surface area contributed by atoms with E-state index in [4.69, 9.17) is 0 Å². The second-order valence-corrected chi connectivity index (χ2v) is 7.23. The maximum absolute atomic E-state index is 12.4. The van der Waals surface area contributed by atoms with Crippen LogP contribution in [-0.2, 0) is 16.6 Å². The summed E-state index contributed by atoms with van der Waals surface area (Å²) in [5, 5.41) is 4.17. The summed E-state index contributed by atoms with van der Waals surface area (Å²) >= 11 is 0. The molecule has 0 saturated carbocycles. The number of benzene rings is 2. The molecular weight excluding hydrogens is 336 g/mol. The minimum atomic E-state index is -3.72. The number of nitrogens with zero attached hydrogens (tertiary/aromatic N) is 3. The second-order valence-electron chi connectivity index (χ2n) is 5.57. The molecule has 0 unspecified atom stereocenters. The standard InChI is InChI=1S/C18H18N4O2S/c1-15-7-9-17(10-8-15)25(23,24)21-20-18(13-22-12-11-19-14-22)16-5-3-2-4-6-16/h2-12,14,21H,13H2,1H3/b20-18-. The van der Waals surface area contributed by atoms with Crippen LogP contribution >= 0.6 is 0 Å². The van der Waals surface area contributed by atoms with Crippen LogP contribution in [0.3, 0.4) is 0 Å². The van der Waals surface area contributed by atoms with E-state index in [0.717, 1.165) is 11.1 Å². The van der Waals surface area contributed by atoms with Crippen molar-refractivity contribution in [2.24, 2.45) is 5.10 Å². The van der Waals surface area contributed by atoms with Crippen LogP contribution < -0.4 is 4.83 Å². The van der Waals surface area contributed by atoms with Gasteiger partial charge in [0.2, 0.25) is 0 Å². The van der Waals surface area contributed by atoms with Crippen LogP contribution in [0.15, 0.2) is 83.3 Å². The van der Waals surface area contributed by atoms with Gasteiger partial charge in [-0.15, -0.1) is 0 Å². The lowest BCUT2D eigenvalue weighted by molar-refractivity contribution is 0.584. The number of sulfonamides is 1. The van der Waals surface area contributed by atoms with Gasteiger partial charge in [-0.3, -0.25) is 0 Å². The van der Waals surface area contributed by atoms with Gasteiger partial charge in [-0.25, -0.2) is 4.98 Å². The van der Waals surface area contributed by atoms with Crippen molar-refractivity contribution in [2.75, 3.05) is 0 Å². The third-order valence-corrected chi connectivity index (χ3v) is 4.86. The molecule has 0 spiro atoms. The van der Waals surface area contributed by atoms with Crippen LogP contribution in [0, 0.1) is 6.92 Å². The van der Waals surface area contributed by atoms with E-state index in [9.17, 15) is 8.42 Å². The van der Waals surface area contributed by atoms with Gasteiger partial charge < -0.3 is 4.57 Å². The number of aromatic nitrogens is 2. The van der Waals surface area contributed by atoms with Gasteiger partial charge >= 0.3 is 0 Å². The van der Waals surface area contributed by atoms with E-state index in [1.54, 1.807) is 43.0 Å². The Bertz CT molecular complexity index is 948. The predicted molar refractivity (Wildman–Crippen MR) is 96.7 cm³/mol. The van der Waals surface area contributed by atoms with Crippen molar-refractivity contribution >= 4 is 15.7 Å². The summed E-state index contributed by atoms with van der Waals surface area (Å²) in [4.78, 5) is 6.51. The van der Waals surface area contributed by atoms with Gasteiger partial charge in [-0.2, -0.15) is 18.4 Å². The van der Waals surface area contributed by atoms with Crippen molar-refractivity contribution in [1.82, 2.24) is 14.4 Å². The molecule has 0 fully saturated rings. The summed E-state index contributed by atoms with van der Waals surface area (Å²) in [6.07, 6.45) is 5.12. The smallest absolute Gasteiger partial charge is 0.276 e. The molecule has 1 N–H and O–H groups in total. The molecule has 0 bridgehead atoms. The maximum Gasteiger partial charge on any atom is 0.276 e. The van der Waals surface area contributed by atoms with Crippen LogP contribution in [-0.4, -0.2) is 23.7 Å². The molecule has 3 rings (SSSR count). The van der Waals surface area contributed by atoms with Crippen molar-refractivity contribution in [2.45, 2.75) is 18.4 Å². The van der Waals surface area contributed by atoms with Crippen molar-refractivity contribution in [3.63, 3.8) is 0 Å². The molecule has 1 heterocycles. The Morgan fingerprint density at radius 2 is 1.84 bits per heavy atom. The average Bonchev–Trinajstić information content (AvgIpc) is 3.13. The third-order valence-electron chi connectivity index (χ3n) is 3.63. The highest BCUT2D eigenvalue weighted by atomic mass is 32.2. The van der Waals surface area contributed by atoms with E-state index in [2.05, 4.69) is 14.9 Å². The Labute approximate surface area is 146 Å². The summed E-state index contributed by atoms with van der Waals surface area (Å²) in [7, 11) is -3.72. The van der Waals surface area contributed by atoms with Crippen molar-refractivity contribution in [3.05, 3.63) is 84.4 Å². The summed E-state index contributed by atoms with van der Waals surface area (Å²) in [6, 6.07) is 16.1. The Hall–Kier alpha value is -2.93. The van der Waals surface area contributed by atoms with Gasteiger partial charge in [0.1, 0.15) is 0 Å². The van der Waals surface area contributed by atoms with Gasteiger partial charge in [0, 0.05) is 12.4 Å². The monoisotopic (exact) mass is 354 g/mol. The number of hydrazone groups is 1. The van der Waals surface area contributed by atoms with Crippen LogP contribution in [0.25, 0.3) is 0 Å². The second kappa shape index (κ2) is 7.31. The summed E-state index contributed by atoms with van der Waals surface area (Å²) in [5.41, 5.74) is 2.42. The first-order valence-electron chi connectivity index (χ1n) is 7.71. The van der Waals surface area contributed by atoms with E-state index in [-0.39, 0.29) is 4.90 Å². The SMILES string of the molecule is Cc1ccc(S(=O)(=O)N/N=C(/Cn2ccnc2)c2ccccc2)cc1. The van der Waals surface area contributed by atoms with E-state index >= 15 is 0 Å². The summed E-state index contributed by atoms with van der Waals surface area (Å²) in [5.74, 6) is 0. The molecule has 2 aromatic carbocycles. The first-order chi connectivity index (χ1) is 12.0. The van der Waals surface area contributed by atoms with Gasteiger partial charge in [0.15, 0.2) is 0 Å². The largest absolute Gasteiger partial charge is 0.331 e. The summed E-state index contributed by atoms with van der Waals surface area (Å²) < 4.78 is 26.7. The van der Waals surface area contributed by atoms with Crippen LogP contribution in [0.5, 0.6) is 0 Å². The fourth-order valence-corrected chi connectivity index (χ4v) is 3.09. The van der Waals surface area contributed by atoms with Gasteiger partial charge in [-0.05, 0) is 24.6 Å². The van der Waals surface area contributed by atoms with Gasteiger partial charge in [0.05, 0.1) is 23.5 Å².